The van der Waals surface area contributed by atoms with Gasteiger partial charge in [0.15, 0.2) is 0 Å². The molecule has 0 unspecified atom stereocenters. The van der Waals surface area contributed by atoms with Crippen molar-refractivity contribution in [1.29, 1.82) is 0 Å². The molecule has 1 aliphatic heterocycles. The van der Waals surface area contributed by atoms with Crippen molar-refractivity contribution in [2.24, 2.45) is 0 Å². The van der Waals surface area contributed by atoms with Crippen LogP contribution in [0.1, 0.15) is 54.3 Å². The summed E-state index contributed by atoms with van der Waals surface area (Å²) in [6.07, 6.45) is 1.05. The van der Waals surface area contributed by atoms with Crippen LogP contribution in [-0.2, 0) is 11.3 Å². The highest BCUT2D eigenvalue weighted by molar-refractivity contribution is 7.09. The summed E-state index contributed by atoms with van der Waals surface area (Å²) in [6.45, 7) is 8.67. The predicted molar refractivity (Wildman–Crippen MR) is 93.3 cm³/mol. The van der Waals surface area contributed by atoms with E-state index in [1.807, 2.05) is 6.92 Å². The van der Waals surface area contributed by atoms with Gasteiger partial charge in [-0.3, -0.25) is 0 Å². The number of ether oxygens (including phenoxy) is 1. The van der Waals surface area contributed by atoms with Gasteiger partial charge in [-0.25, -0.2) is 15.0 Å². The third-order valence-electron chi connectivity index (χ3n) is 4.05. The fourth-order valence-electron chi connectivity index (χ4n) is 2.73. The molecule has 0 radical (unpaired) electrons. The maximum Gasteiger partial charge on any atom is 0.132 e. The van der Waals surface area contributed by atoms with Crippen molar-refractivity contribution < 1.29 is 4.74 Å². The average molecular weight is 332 g/mol. The second-order valence-electron chi connectivity index (χ2n) is 6.45. The monoisotopic (exact) mass is 332 g/mol. The van der Waals surface area contributed by atoms with Gasteiger partial charge in [-0.2, -0.15) is 0 Å². The van der Waals surface area contributed by atoms with Crippen molar-refractivity contribution >= 4 is 17.2 Å². The number of anilines is 1. The maximum absolute atomic E-state index is 5.49. The lowest BCUT2D eigenvalue weighted by Crippen LogP contribution is -2.19. The lowest BCUT2D eigenvalue weighted by Gasteiger charge is -2.19. The van der Waals surface area contributed by atoms with Crippen molar-refractivity contribution in [2.45, 2.75) is 45.6 Å². The normalized spacial score (nSPS) is 17.9. The van der Waals surface area contributed by atoms with Crippen molar-refractivity contribution in [2.75, 3.05) is 25.2 Å². The minimum atomic E-state index is 0.399. The van der Waals surface area contributed by atoms with Crippen LogP contribution in [0.2, 0.25) is 0 Å². The summed E-state index contributed by atoms with van der Waals surface area (Å²) in [6, 6.07) is 2.10. The largest absolute Gasteiger partial charge is 0.381 e. The highest BCUT2D eigenvalue weighted by Gasteiger charge is 2.21. The second-order valence-corrected chi connectivity index (χ2v) is 7.34. The van der Waals surface area contributed by atoms with E-state index in [1.165, 1.54) is 5.01 Å². The molecule has 1 aliphatic rings. The average Bonchev–Trinajstić information content (AvgIpc) is 3.18. The van der Waals surface area contributed by atoms with E-state index in [2.05, 4.69) is 47.2 Å². The van der Waals surface area contributed by atoms with E-state index in [-0.39, 0.29) is 0 Å². The van der Waals surface area contributed by atoms with E-state index in [1.54, 1.807) is 11.3 Å². The second kappa shape index (κ2) is 6.93. The molecule has 1 saturated heterocycles. The van der Waals surface area contributed by atoms with Crippen LogP contribution in [0.5, 0.6) is 0 Å². The van der Waals surface area contributed by atoms with Crippen LogP contribution >= 0.6 is 11.3 Å². The third kappa shape index (κ3) is 3.87. The highest BCUT2D eigenvalue weighted by Crippen LogP contribution is 2.26. The van der Waals surface area contributed by atoms with Gasteiger partial charge in [-0.1, -0.05) is 13.8 Å². The molecule has 0 spiro atoms. The molecule has 23 heavy (non-hydrogen) atoms. The molecule has 6 heteroatoms. The number of hydrogen-bond acceptors (Lipinski definition) is 6. The Bertz CT molecular complexity index is 664. The first-order valence-electron chi connectivity index (χ1n) is 8.11. The number of aromatic nitrogens is 3. The van der Waals surface area contributed by atoms with Crippen LogP contribution in [0.25, 0.3) is 0 Å². The zero-order chi connectivity index (χ0) is 16.4. The van der Waals surface area contributed by atoms with Crippen LogP contribution < -0.4 is 4.90 Å². The van der Waals surface area contributed by atoms with Crippen LogP contribution in [0.4, 0.5) is 5.82 Å². The maximum atomic E-state index is 5.49. The topological polar surface area (TPSA) is 51.1 Å². The van der Waals surface area contributed by atoms with E-state index >= 15 is 0 Å². The summed E-state index contributed by atoms with van der Waals surface area (Å²) < 4.78 is 5.49. The van der Waals surface area contributed by atoms with Crippen LogP contribution in [0.15, 0.2) is 11.4 Å². The van der Waals surface area contributed by atoms with Gasteiger partial charge in [0.25, 0.3) is 0 Å². The van der Waals surface area contributed by atoms with Crippen LogP contribution in [0, 0.1) is 6.92 Å². The van der Waals surface area contributed by atoms with Gasteiger partial charge in [-0.15, -0.1) is 11.3 Å². The predicted octanol–water partition coefficient (Wildman–Crippen LogP) is 3.51. The summed E-state index contributed by atoms with van der Waals surface area (Å²) in [7, 11) is 2.06. The first-order chi connectivity index (χ1) is 11.0. The Hall–Kier alpha value is -1.53. The molecule has 0 aromatic carbocycles. The summed E-state index contributed by atoms with van der Waals surface area (Å²) in [4.78, 5) is 16.1. The Morgan fingerprint density at radius 1 is 1.35 bits per heavy atom. The fourth-order valence-corrected chi connectivity index (χ4v) is 3.56. The number of rotatable bonds is 5. The van der Waals surface area contributed by atoms with Crippen molar-refractivity contribution in [1.82, 2.24) is 15.0 Å². The lowest BCUT2D eigenvalue weighted by molar-refractivity contribution is 0.193. The summed E-state index contributed by atoms with van der Waals surface area (Å²) >= 11 is 1.73. The van der Waals surface area contributed by atoms with Crippen molar-refractivity contribution in [3.63, 3.8) is 0 Å². The molecule has 124 valence electrons. The Morgan fingerprint density at radius 2 is 2.17 bits per heavy atom. The molecule has 0 saturated carbocycles. The minimum absolute atomic E-state index is 0.399. The first-order valence-corrected chi connectivity index (χ1v) is 8.99. The van der Waals surface area contributed by atoms with E-state index in [0.717, 1.165) is 49.2 Å². The Morgan fingerprint density at radius 3 is 2.83 bits per heavy atom. The molecular weight excluding hydrogens is 308 g/mol. The molecule has 0 amide bonds. The van der Waals surface area contributed by atoms with E-state index in [9.17, 15) is 0 Å². The van der Waals surface area contributed by atoms with Crippen molar-refractivity contribution in [3.05, 3.63) is 33.7 Å². The molecule has 1 atom stereocenters. The molecular formula is C17H24N4OS. The molecule has 5 nitrogen and oxygen atoms in total. The molecule has 2 aromatic rings. The first kappa shape index (κ1) is 16.3. The lowest BCUT2D eigenvalue weighted by atomic mass is 10.0. The number of aryl methyl sites for hydroxylation is 1. The zero-order valence-electron chi connectivity index (χ0n) is 14.2. The summed E-state index contributed by atoms with van der Waals surface area (Å²) in [5, 5.41) is 3.34. The Kier molecular flexibility index (Phi) is 4.92. The number of nitrogens with zero attached hydrogens (tertiary/aromatic N) is 4. The molecule has 0 N–H and O–H groups in total. The van der Waals surface area contributed by atoms with Gasteiger partial charge in [-0.05, 0) is 13.3 Å². The van der Waals surface area contributed by atoms with Gasteiger partial charge in [0.1, 0.15) is 11.6 Å². The standard InChI is InChI=1S/C17H24N4OS/c1-11(2)17-20-14(10-23-17)8-21(4)16-7-15(18-12(3)19-16)13-5-6-22-9-13/h7,10-11,13H,5-6,8-9H2,1-4H3/t13-/m0/s1. The third-order valence-corrected chi connectivity index (χ3v) is 5.24. The molecule has 3 rings (SSSR count). The molecule has 3 heterocycles. The van der Waals surface area contributed by atoms with Gasteiger partial charge in [0.05, 0.1) is 29.5 Å². The van der Waals surface area contributed by atoms with Crippen molar-refractivity contribution in [3.8, 4) is 0 Å². The summed E-state index contributed by atoms with van der Waals surface area (Å²) in [5.74, 6) is 2.65. The van der Waals surface area contributed by atoms with E-state index in [4.69, 9.17) is 9.72 Å². The Labute approximate surface area is 141 Å². The molecule has 0 aliphatic carbocycles. The van der Waals surface area contributed by atoms with Crippen LogP contribution in [0.3, 0.4) is 0 Å². The number of hydrogen-bond donors (Lipinski definition) is 0. The van der Waals surface area contributed by atoms with Crippen LogP contribution in [-0.4, -0.2) is 35.2 Å². The van der Waals surface area contributed by atoms with E-state index in [0.29, 0.717) is 11.8 Å². The smallest absolute Gasteiger partial charge is 0.132 e. The minimum Gasteiger partial charge on any atom is -0.381 e. The van der Waals surface area contributed by atoms with E-state index < -0.39 is 0 Å². The van der Waals surface area contributed by atoms with Gasteiger partial charge >= 0.3 is 0 Å². The zero-order valence-corrected chi connectivity index (χ0v) is 15.1. The molecule has 2 aromatic heterocycles. The fraction of sp³-hybridized carbons (Fsp3) is 0.588. The molecule has 0 bridgehead atoms. The van der Waals surface area contributed by atoms with Gasteiger partial charge < -0.3 is 9.64 Å². The summed E-state index contributed by atoms with van der Waals surface area (Å²) in [5.41, 5.74) is 2.20. The Balaban J connectivity index is 1.76. The SMILES string of the molecule is Cc1nc([C@H]2CCOC2)cc(N(C)Cc2csc(C(C)C)n2)n1. The number of thiazole rings is 1. The quantitative estimate of drug-likeness (QED) is 0.839. The highest BCUT2D eigenvalue weighted by atomic mass is 32.1. The van der Waals surface area contributed by atoms with Gasteiger partial charge in [0, 0.05) is 36.9 Å². The van der Waals surface area contributed by atoms with Gasteiger partial charge in [0.2, 0.25) is 0 Å². The molecule has 1 fully saturated rings.